The Labute approximate surface area is 128 Å². The van der Waals surface area contributed by atoms with E-state index in [-0.39, 0.29) is 0 Å². The fraction of sp³-hybridized carbons (Fsp3) is 0.789. The number of unbranched alkanes of at least 4 members (excludes halogenated alkanes) is 7. The van der Waals surface area contributed by atoms with E-state index in [0.29, 0.717) is 0 Å². The van der Waals surface area contributed by atoms with E-state index >= 15 is 0 Å². The van der Waals surface area contributed by atoms with Crippen LogP contribution < -0.4 is 0 Å². The van der Waals surface area contributed by atoms with Gasteiger partial charge in [-0.3, -0.25) is 0 Å². The van der Waals surface area contributed by atoms with Crippen molar-refractivity contribution < 1.29 is 4.48 Å². The Morgan fingerprint density at radius 1 is 0.650 bits per heavy atom. The molecular weight excluding hydrogens is 242 g/mol. The second-order valence-electron chi connectivity index (χ2n) is 6.21. The molecule has 0 N–H and O–H groups in total. The van der Waals surface area contributed by atoms with Crippen molar-refractivity contribution in [3.05, 3.63) is 25.3 Å². The summed E-state index contributed by atoms with van der Waals surface area (Å²) in [6.07, 6.45) is 16.6. The highest BCUT2D eigenvalue weighted by molar-refractivity contribution is 4.72. The first-order valence-corrected chi connectivity index (χ1v) is 8.81. The van der Waals surface area contributed by atoms with Crippen molar-refractivity contribution in [1.82, 2.24) is 0 Å². The Morgan fingerprint density at radius 3 is 1.60 bits per heavy atom. The summed E-state index contributed by atoms with van der Waals surface area (Å²) < 4.78 is 1.18. The predicted molar refractivity (Wildman–Crippen MR) is 93.0 cm³/mol. The summed E-state index contributed by atoms with van der Waals surface area (Å²) in [4.78, 5) is 0. The number of rotatable bonds is 15. The quantitative estimate of drug-likeness (QED) is 0.204. The van der Waals surface area contributed by atoms with E-state index in [4.69, 9.17) is 0 Å². The molecule has 0 heterocycles. The zero-order valence-corrected chi connectivity index (χ0v) is 14.2. The molecule has 1 nitrogen and oxygen atoms in total. The summed E-state index contributed by atoms with van der Waals surface area (Å²) in [5, 5.41) is 0. The van der Waals surface area contributed by atoms with Gasteiger partial charge in [-0.05, 0) is 31.4 Å². The third-order valence-corrected chi connectivity index (χ3v) is 4.25. The van der Waals surface area contributed by atoms with Crippen LogP contribution in [0.3, 0.4) is 0 Å². The molecule has 20 heavy (non-hydrogen) atoms. The summed E-state index contributed by atoms with van der Waals surface area (Å²) in [5.74, 6) is 0. The molecule has 0 aromatic rings. The van der Waals surface area contributed by atoms with Gasteiger partial charge in [-0.1, -0.05) is 65.5 Å². The van der Waals surface area contributed by atoms with Crippen LogP contribution in [0.25, 0.3) is 0 Å². The van der Waals surface area contributed by atoms with Gasteiger partial charge < -0.3 is 4.48 Å². The van der Waals surface area contributed by atoms with E-state index in [9.17, 15) is 0 Å². The fourth-order valence-corrected chi connectivity index (χ4v) is 3.00. The zero-order chi connectivity index (χ0) is 15.1. The van der Waals surface area contributed by atoms with Gasteiger partial charge in [0.15, 0.2) is 0 Å². The third kappa shape index (κ3) is 9.36. The summed E-state index contributed by atoms with van der Waals surface area (Å²) >= 11 is 0. The van der Waals surface area contributed by atoms with E-state index in [1.54, 1.807) is 0 Å². The van der Waals surface area contributed by atoms with Crippen molar-refractivity contribution in [1.29, 1.82) is 0 Å². The average Bonchev–Trinajstić information content (AvgIpc) is 2.45. The maximum Gasteiger partial charge on any atom is 0.0973 e. The van der Waals surface area contributed by atoms with E-state index in [0.717, 1.165) is 13.1 Å². The molecule has 0 aliphatic heterocycles. The lowest BCUT2D eigenvalue weighted by Crippen LogP contribution is -2.49. The lowest BCUT2D eigenvalue weighted by atomic mass is 10.1. The first-order chi connectivity index (χ1) is 9.74. The van der Waals surface area contributed by atoms with Crippen LogP contribution in [-0.2, 0) is 0 Å². The molecule has 0 saturated carbocycles. The van der Waals surface area contributed by atoms with Gasteiger partial charge in [0.25, 0.3) is 0 Å². The minimum Gasteiger partial charge on any atom is -0.317 e. The Morgan fingerprint density at radius 2 is 1.10 bits per heavy atom. The smallest absolute Gasteiger partial charge is 0.0973 e. The minimum absolute atomic E-state index is 1.10. The minimum atomic E-state index is 1.10. The van der Waals surface area contributed by atoms with Gasteiger partial charge in [-0.15, -0.1) is 0 Å². The van der Waals surface area contributed by atoms with Gasteiger partial charge in [-0.25, -0.2) is 0 Å². The van der Waals surface area contributed by atoms with Crippen molar-refractivity contribution in [3.63, 3.8) is 0 Å². The monoisotopic (exact) mass is 280 g/mol. The predicted octanol–water partition coefficient (Wildman–Crippen LogP) is 5.73. The molecule has 0 fully saturated rings. The maximum atomic E-state index is 3.96. The molecule has 0 aliphatic carbocycles. The van der Waals surface area contributed by atoms with Crippen LogP contribution in [0.15, 0.2) is 25.3 Å². The van der Waals surface area contributed by atoms with E-state index in [2.05, 4.69) is 39.2 Å². The largest absolute Gasteiger partial charge is 0.317 e. The van der Waals surface area contributed by atoms with Gasteiger partial charge in [0, 0.05) is 0 Å². The van der Waals surface area contributed by atoms with Crippen LogP contribution in [0.1, 0.15) is 71.6 Å². The van der Waals surface area contributed by atoms with Crippen LogP contribution >= 0.6 is 0 Å². The molecule has 0 aromatic heterocycles. The summed E-state index contributed by atoms with van der Waals surface area (Å²) in [7, 11) is 0. The number of hydrogen-bond donors (Lipinski definition) is 0. The summed E-state index contributed by atoms with van der Waals surface area (Å²) in [5.41, 5.74) is 0. The Hall–Kier alpha value is -0.560. The summed E-state index contributed by atoms with van der Waals surface area (Å²) in [6.45, 7) is 17.3. The lowest BCUT2D eigenvalue weighted by Gasteiger charge is -2.37. The SMILES string of the molecule is C=CC[N+](CC=C)(CCCC)CCCCCCCCC. The summed E-state index contributed by atoms with van der Waals surface area (Å²) in [6, 6.07) is 0. The van der Waals surface area contributed by atoms with Crippen molar-refractivity contribution in [2.75, 3.05) is 26.2 Å². The van der Waals surface area contributed by atoms with Gasteiger partial charge in [0.2, 0.25) is 0 Å². The molecule has 0 saturated heterocycles. The third-order valence-electron chi connectivity index (χ3n) is 4.25. The van der Waals surface area contributed by atoms with Crippen LogP contribution in [0.4, 0.5) is 0 Å². The molecule has 0 aromatic carbocycles. The zero-order valence-electron chi connectivity index (χ0n) is 14.2. The molecule has 0 aliphatic rings. The first-order valence-electron chi connectivity index (χ1n) is 8.81. The van der Waals surface area contributed by atoms with Crippen LogP contribution in [0.5, 0.6) is 0 Å². The van der Waals surface area contributed by atoms with Gasteiger partial charge in [0.05, 0.1) is 26.2 Å². The van der Waals surface area contributed by atoms with Crippen molar-refractivity contribution >= 4 is 0 Å². The Balaban J connectivity index is 4.06. The molecular formula is C19H38N+. The average molecular weight is 281 g/mol. The van der Waals surface area contributed by atoms with Crippen LogP contribution in [0.2, 0.25) is 0 Å². The molecule has 0 amide bonds. The molecule has 0 bridgehead atoms. The van der Waals surface area contributed by atoms with Crippen molar-refractivity contribution in [3.8, 4) is 0 Å². The normalized spacial score (nSPS) is 11.5. The molecule has 0 radical (unpaired) electrons. The highest BCUT2D eigenvalue weighted by atomic mass is 15.3. The second-order valence-corrected chi connectivity index (χ2v) is 6.21. The number of hydrogen-bond acceptors (Lipinski definition) is 0. The van der Waals surface area contributed by atoms with E-state index in [1.807, 2.05) is 0 Å². The number of nitrogens with zero attached hydrogens (tertiary/aromatic N) is 1. The van der Waals surface area contributed by atoms with Crippen LogP contribution in [-0.4, -0.2) is 30.7 Å². The molecule has 0 spiro atoms. The molecule has 0 rings (SSSR count). The maximum absolute atomic E-state index is 3.96. The Bertz CT molecular complexity index is 222. The van der Waals surface area contributed by atoms with E-state index in [1.165, 1.54) is 75.4 Å². The van der Waals surface area contributed by atoms with Crippen molar-refractivity contribution in [2.45, 2.75) is 71.6 Å². The lowest BCUT2D eigenvalue weighted by molar-refractivity contribution is -0.917. The van der Waals surface area contributed by atoms with Gasteiger partial charge in [-0.2, -0.15) is 0 Å². The van der Waals surface area contributed by atoms with Crippen LogP contribution in [0, 0.1) is 0 Å². The van der Waals surface area contributed by atoms with Gasteiger partial charge in [0.1, 0.15) is 0 Å². The molecule has 118 valence electrons. The fourth-order valence-electron chi connectivity index (χ4n) is 3.00. The van der Waals surface area contributed by atoms with Crippen molar-refractivity contribution in [2.24, 2.45) is 0 Å². The highest BCUT2D eigenvalue weighted by Crippen LogP contribution is 2.15. The van der Waals surface area contributed by atoms with E-state index < -0.39 is 0 Å². The topological polar surface area (TPSA) is 0 Å². The Kier molecular flexibility index (Phi) is 13.0. The molecule has 0 atom stereocenters. The second kappa shape index (κ2) is 13.4. The standard InChI is InChI=1S/C19H38N/c1-5-9-11-12-13-14-15-19-20(16-7-3,17-8-4)18-10-6-2/h7-8H,3-6,9-19H2,1-2H3/q+1. The first kappa shape index (κ1) is 19.4. The van der Waals surface area contributed by atoms with Gasteiger partial charge >= 0.3 is 0 Å². The highest BCUT2D eigenvalue weighted by Gasteiger charge is 2.22. The number of quaternary nitrogens is 1. The molecule has 1 heteroatoms. The molecule has 0 unspecified atom stereocenters.